The van der Waals surface area contributed by atoms with Crippen LogP contribution in [0.3, 0.4) is 0 Å². The van der Waals surface area contributed by atoms with Gasteiger partial charge in [-0.3, -0.25) is 9.78 Å². The minimum atomic E-state index is -4.30. The molecule has 1 aromatic rings. The predicted octanol–water partition coefficient (Wildman–Crippen LogP) is 1.72. The summed E-state index contributed by atoms with van der Waals surface area (Å²) in [5, 5.41) is 2.14. The van der Waals surface area contributed by atoms with E-state index < -0.39 is 12.7 Å². The van der Waals surface area contributed by atoms with Crippen molar-refractivity contribution in [2.24, 2.45) is 0 Å². The molecule has 0 atom stereocenters. The fourth-order valence-electron chi connectivity index (χ4n) is 1.89. The molecular weight excluding hydrogens is 271 g/mol. The third kappa shape index (κ3) is 4.80. The highest BCUT2D eigenvalue weighted by Crippen LogP contribution is 2.28. The van der Waals surface area contributed by atoms with Crippen molar-refractivity contribution in [2.45, 2.75) is 31.6 Å². The normalized spacial score (nSPS) is 15.2. The van der Waals surface area contributed by atoms with Gasteiger partial charge >= 0.3 is 6.18 Å². The quantitative estimate of drug-likeness (QED) is 0.866. The van der Waals surface area contributed by atoms with E-state index in [4.69, 9.17) is 0 Å². The van der Waals surface area contributed by atoms with Crippen LogP contribution in [0.5, 0.6) is 0 Å². The first-order valence-corrected chi connectivity index (χ1v) is 6.42. The maximum Gasteiger partial charge on any atom is 0.401 e. The molecule has 7 heteroatoms. The number of hydrogen-bond acceptors (Lipinski definition) is 3. The summed E-state index contributed by atoms with van der Waals surface area (Å²) in [6, 6.07) is 5.53. The van der Waals surface area contributed by atoms with Crippen LogP contribution < -0.4 is 5.32 Å². The van der Waals surface area contributed by atoms with Crippen molar-refractivity contribution >= 4 is 5.91 Å². The van der Waals surface area contributed by atoms with E-state index in [0.29, 0.717) is 6.54 Å². The number of halogens is 3. The number of nitrogens with zero attached hydrogens (tertiary/aromatic N) is 2. The molecule has 0 saturated heterocycles. The smallest absolute Gasteiger partial charge is 0.333 e. The third-order valence-electron chi connectivity index (χ3n) is 2.97. The molecule has 1 aliphatic rings. The van der Waals surface area contributed by atoms with E-state index in [-0.39, 0.29) is 18.5 Å². The second-order valence-electron chi connectivity index (χ2n) is 4.79. The molecule has 2 rings (SSSR count). The van der Waals surface area contributed by atoms with E-state index in [2.05, 4.69) is 10.3 Å². The molecule has 0 aliphatic heterocycles. The summed E-state index contributed by atoms with van der Waals surface area (Å²) in [4.78, 5) is 17.7. The molecule has 4 nitrogen and oxygen atoms in total. The van der Waals surface area contributed by atoms with E-state index in [9.17, 15) is 18.0 Å². The summed E-state index contributed by atoms with van der Waals surface area (Å²) < 4.78 is 36.1. The molecule has 0 radical (unpaired) electrons. The van der Waals surface area contributed by atoms with Gasteiger partial charge in [0.25, 0.3) is 0 Å². The van der Waals surface area contributed by atoms with Gasteiger partial charge in [0.1, 0.15) is 0 Å². The topological polar surface area (TPSA) is 45.2 Å². The SMILES string of the molecule is O=C(CNCC(F)(F)F)N(Cc1ccccn1)C1CC1. The zero-order valence-electron chi connectivity index (χ0n) is 10.9. The van der Waals surface area contributed by atoms with Crippen LogP contribution in [-0.2, 0) is 11.3 Å². The Morgan fingerprint density at radius 3 is 2.70 bits per heavy atom. The number of pyridine rings is 1. The van der Waals surface area contributed by atoms with Gasteiger partial charge in [-0.15, -0.1) is 0 Å². The second-order valence-corrected chi connectivity index (χ2v) is 4.79. The highest BCUT2D eigenvalue weighted by Gasteiger charge is 2.33. The molecule has 1 fully saturated rings. The van der Waals surface area contributed by atoms with Gasteiger partial charge in [0.05, 0.1) is 25.3 Å². The zero-order chi connectivity index (χ0) is 14.6. The molecule has 0 spiro atoms. The number of carbonyl (C=O) groups is 1. The standard InChI is InChI=1S/C13H16F3N3O/c14-13(15,16)9-17-7-12(20)19(11-4-5-11)8-10-3-1-2-6-18-10/h1-3,6,11,17H,4-5,7-9H2. The van der Waals surface area contributed by atoms with E-state index >= 15 is 0 Å². The van der Waals surface area contributed by atoms with Crippen LogP contribution in [0.1, 0.15) is 18.5 Å². The van der Waals surface area contributed by atoms with Crippen LogP contribution in [0, 0.1) is 0 Å². The molecule has 0 unspecified atom stereocenters. The first kappa shape index (κ1) is 14.8. The average Bonchev–Trinajstić information content (AvgIpc) is 3.19. The molecule has 0 aromatic carbocycles. The van der Waals surface area contributed by atoms with Crippen molar-refractivity contribution in [2.75, 3.05) is 13.1 Å². The van der Waals surface area contributed by atoms with Gasteiger partial charge < -0.3 is 10.2 Å². The summed E-state index contributed by atoms with van der Waals surface area (Å²) in [6.45, 7) is -1.11. The van der Waals surface area contributed by atoms with Crippen LogP contribution in [0.25, 0.3) is 0 Å². The Morgan fingerprint density at radius 2 is 2.15 bits per heavy atom. The lowest BCUT2D eigenvalue weighted by Gasteiger charge is -2.22. The molecule has 0 bridgehead atoms. The number of rotatable bonds is 6. The molecule has 1 N–H and O–H groups in total. The van der Waals surface area contributed by atoms with E-state index in [1.165, 1.54) is 0 Å². The van der Waals surface area contributed by atoms with E-state index in [1.807, 2.05) is 6.07 Å². The maximum atomic E-state index is 12.0. The second kappa shape index (κ2) is 6.21. The fourth-order valence-corrected chi connectivity index (χ4v) is 1.89. The highest BCUT2D eigenvalue weighted by molar-refractivity contribution is 5.78. The summed E-state index contributed by atoms with van der Waals surface area (Å²) in [5.41, 5.74) is 0.739. The van der Waals surface area contributed by atoms with Crippen molar-refractivity contribution in [1.82, 2.24) is 15.2 Å². The predicted molar refractivity (Wildman–Crippen MR) is 66.7 cm³/mol. The summed E-state index contributed by atoms with van der Waals surface area (Å²) >= 11 is 0. The van der Waals surface area contributed by atoms with E-state index in [0.717, 1.165) is 18.5 Å². The van der Waals surface area contributed by atoms with Crippen LogP contribution in [-0.4, -0.2) is 41.1 Å². The molecule has 1 amide bonds. The highest BCUT2D eigenvalue weighted by atomic mass is 19.4. The fraction of sp³-hybridized carbons (Fsp3) is 0.538. The molecule has 1 heterocycles. The Hall–Kier alpha value is -1.63. The summed E-state index contributed by atoms with van der Waals surface area (Å²) in [6.07, 6.45) is -0.867. The van der Waals surface area contributed by atoms with Crippen molar-refractivity contribution in [1.29, 1.82) is 0 Å². The number of amides is 1. The summed E-state index contributed by atoms with van der Waals surface area (Å²) in [7, 11) is 0. The Balaban J connectivity index is 1.87. The number of aromatic nitrogens is 1. The molecule has 1 aliphatic carbocycles. The number of alkyl halides is 3. The summed E-state index contributed by atoms with van der Waals surface area (Å²) in [5.74, 6) is -0.317. The Morgan fingerprint density at radius 1 is 1.40 bits per heavy atom. The van der Waals surface area contributed by atoms with Crippen molar-refractivity contribution < 1.29 is 18.0 Å². The van der Waals surface area contributed by atoms with Gasteiger partial charge in [0.15, 0.2) is 0 Å². The Bertz CT molecular complexity index is 446. The number of carbonyl (C=O) groups excluding carboxylic acids is 1. The average molecular weight is 287 g/mol. The third-order valence-corrected chi connectivity index (χ3v) is 2.97. The van der Waals surface area contributed by atoms with Crippen LogP contribution >= 0.6 is 0 Å². The van der Waals surface area contributed by atoms with Gasteiger partial charge in [-0.25, -0.2) is 0 Å². The minimum Gasteiger partial charge on any atom is -0.333 e. The Labute approximate surface area is 115 Å². The monoisotopic (exact) mass is 287 g/mol. The lowest BCUT2D eigenvalue weighted by molar-refractivity contribution is -0.135. The molecule has 1 aromatic heterocycles. The number of hydrogen-bond donors (Lipinski definition) is 1. The molecule has 1 saturated carbocycles. The van der Waals surface area contributed by atoms with Crippen molar-refractivity contribution in [3.63, 3.8) is 0 Å². The first-order chi connectivity index (χ1) is 9.46. The van der Waals surface area contributed by atoms with Gasteiger partial charge in [0.2, 0.25) is 5.91 Å². The van der Waals surface area contributed by atoms with Crippen molar-refractivity contribution in [3.05, 3.63) is 30.1 Å². The van der Waals surface area contributed by atoms with Crippen LogP contribution in [0.15, 0.2) is 24.4 Å². The van der Waals surface area contributed by atoms with Gasteiger partial charge in [0, 0.05) is 12.2 Å². The van der Waals surface area contributed by atoms with Crippen LogP contribution in [0.2, 0.25) is 0 Å². The van der Waals surface area contributed by atoms with Gasteiger partial charge in [-0.2, -0.15) is 13.2 Å². The largest absolute Gasteiger partial charge is 0.401 e. The molecule has 110 valence electrons. The molecule has 20 heavy (non-hydrogen) atoms. The number of nitrogens with one attached hydrogen (secondary N) is 1. The zero-order valence-corrected chi connectivity index (χ0v) is 10.9. The lowest BCUT2D eigenvalue weighted by atomic mass is 10.3. The first-order valence-electron chi connectivity index (χ1n) is 6.42. The van der Waals surface area contributed by atoms with Gasteiger partial charge in [-0.1, -0.05) is 6.07 Å². The van der Waals surface area contributed by atoms with Crippen molar-refractivity contribution in [3.8, 4) is 0 Å². The van der Waals surface area contributed by atoms with Gasteiger partial charge in [-0.05, 0) is 25.0 Å². The van der Waals surface area contributed by atoms with E-state index in [1.54, 1.807) is 23.2 Å². The Kier molecular flexibility index (Phi) is 4.59. The van der Waals surface area contributed by atoms with Crippen LogP contribution in [0.4, 0.5) is 13.2 Å². The maximum absolute atomic E-state index is 12.0. The lowest BCUT2D eigenvalue weighted by Crippen LogP contribution is -2.41. The molecular formula is C13H16F3N3O. The minimum absolute atomic E-state index is 0.136.